The van der Waals surface area contributed by atoms with Crippen LogP contribution < -0.4 is 5.84 Å². The van der Waals surface area contributed by atoms with Crippen molar-refractivity contribution in [3.63, 3.8) is 0 Å². The highest BCUT2D eigenvalue weighted by atomic mass is 35.5. The van der Waals surface area contributed by atoms with Crippen LogP contribution in [0.25, 0.3) is 0 Å². The third-order valence-corrected chi connectivity index (χ3v) is 1.72. The SMILES string of the molecule is NN(Cc1cccc(Cl)c1)C(=O)O. The number of hydrazine groups is 1. The summed E-state index contributed by atoms with van der Waals surface area (Å²) in [7, 11) is 0. The Kier molecular flexibility index (Phi) is 3.11. The first-order chi connectivity index (χ1) is 6.09. The van der Waals surface area contributed by atoms with Gasteiger partial charge in [-0.2, -0.15) is 0 Å². The van der Waals surface area contributed by atoms with E-state index in [9.17, 15) is 4.79 Å². The molecule has 0 aliphatic heterocycles. The molecule has 5 heteroatoms. The minimum Gasteiger partial charge on any atom is -0.464 e. The van der Waals surface area contributed by atoms with E-state index < -0.39 is 6.09 Å². The third-order valence-electron chi connectivity index (χ3n) is 1.49. The van der Waals surface area contributed by atoms with E-state index in [1.165, 1.54) is 0 Å². The number of halogens is 1. The van der Waals surface area contributed by atoms with Gasteiger partial charge in [0.1, 0.15) is 0 Å². The number of nitrogens with zero attached hydrogens (tertiary/aromatic N) is 1. The molecule has 70 valence electrons. The van der Waals surface area contributed by atoms with Crippen LogP contribution in [0, 0.1) is 0 Å². The number of nitrogens with two attached hydrogens (primary N) is 1. The monoisotopic (exact) mass is 200 g/mol. The molecule has 0 radical (unpaired) electrons. The van der Waals surface area contributed by atoms with Crippen molar-refractivity contribution in [2.75, 3.05) is 0 Å². The molecule has 0 aromatic heterocycles. The van der Waals surface area contributed by atoms with E-state index in [2.05, 4.69) is 0 Å². The number of amides is 1. The van der Waals surface area contributed by atoms with Crippen LogP contribution in [0.4, 0.5) is 4.79 Å². The van der Waals surface area contributed by atoms with Gasteiger partial charge in [-0.3, -0.25) is 0 Å². The standard InChI is InChI=1S/C8H9ClN2O2/c9-7-3-1-2-6(4-7)5-11(10)8(12)13/h1-4H,5,10H2,(H,12,13). The normalized spacial score (nSPS) is 9.69. The van der Waals surface area contributed by atoms with Crippen molar-refractivity contribution in [1.29, 1.82) is 0 Å². The summed E-state index contributed by atoms with van der Waals surface area (Å²) in [4.78, 5) is 10.4. The molecule has 0 saturated heterocycles. The van der Waals surface area contributed by atoms with Gasteiger partial charge < -0.3 is 5.11 Å². The van der Waals surface area contributed by atoms with Crippen LogP contribution in [-0.2, 0) is 6.54 Å². The molecule has 3 N–H and O–H groups in total. The molecule has 4 nitrogen and oxygen atoms in total. The van der Waals surface area contributed by atoms with E-state index in [1.54, 1.807) is 24.3 Å². The topological polar surface area (TPSA) is 66.6 Å². The largest absolute Gasteiger partial charge is 0.464 e. The van der Waals surface area contributed by atoms with Crippen molar-refractivity contribution in [2.45, 2.75) is 6.54 Å². The lowest BCUT2D eigenvalue weighted by atomic mass is 10.2. The Morgan fingerprint density at radius 2 is 2.31 bits per heavy atom. The molecular weight excluding hydrogens is 192 g/mol. The predicted molar refractivity (Wildman–Crippen MR) is 49.2 cm³/mol. The lowest BCUT2D eigenvalue weighted by molar-refractivity contribution is 0.143. The van der Waals surface area contributed by atoms with Crippen molar-refractivity contribution in [1.82, 2.24) is 5.01 Å². The molecule has 0 atom stereocenters. The molecule has 0 spiro atoms. The Bertz CT molecular complexity index is 317. The zero-order chi connectivity index (χ0) is 9.84. The van der Waals surface area contributed by atoms with Gasteiger partial charge in [0.2, 0.25) is 0 Å². The summed E-state index contributed by atoms with van der Waals surface area (Å²) < 4.78 is 0. The molecule has 0 saturated carbocycles. The second-order valence-electron chi connectivity index (χ2n) is 2.54. The van der Waals surface area contributed by atoms with Crippen LogP contribution in [0.3, 0.4) is 0 Å². The summed E-state index contributed by atoms with van der Waals surface area (Å²) in [6.07, 6.45) is -1.17. The Balaban J connectivity index is 2.69. The van der Waals surface area contributed by atoms with Gasteiger partial charge in [0.05, 0.1) is 6.54 Å². The fourth-order valence-electron chi connectivity index (χ4n) is 0.900. The summed E-state index contributed by atoms with van der Waals surface area (Å²) in [6, 6.07) is 6.89. The van der Waals surface area contributed by atoms with Crippen LogP contribution in [0.1, 0.15) is 5.56 Å². The van der Waals surface area contributed by atoms with E-state index in [1.807, 2.05) is 0 Å². The molecule has 0 aliphatic carbocycles. The minimum atomic E-state index is -1.17. The first kappa shape index (κ1) is 9.83. The molecule has 0 fully saturated rings. The molecule has 1 aromatic rings. The number of rotatable bonds is 2. The van der Waals surface area contributed by atoms with E-state index in [4.69, 9.17) is 22.6 Å². The maximum Gasteiger partial charge on any atom is 0.421 e. The molecule has 0 heterocycles. The number of hydrogen-bond acceptors (Lipinski definition) is 2. The Morgan fingerprint density at radius 3 is 2.85 bits per heavy atom. The molecule has 13 heavy (non-hydrogen) atoms. The summed E-state index contributed by atoms with van der Waals surface area (Å²) in [5.41, 5.74) is 0.761. The number of carboxylic acid groups (broad SMARTS) is 1. The van der Waals surface area contributed by atoms with Gasteiger partial charge in [-0.05, 0) is 17.7 Å². The fourth-order valence-corrected chi connectivity index (χ4v) is 1.11. The second kappa shape index (κ2) is 4.11. The van der Waals surface area contributed by atoms with Gasteiger partial charge in [0.15, 0.2) is 0 Å². The third kappa shape index (κ3) is 2.93. The zero-order valence-electron chi connectivity index (χ0n) is 6.77. The molecule has 1 amide bonds. The van der Waals surface area contributed by atoms with E-state index in [-0.39, 0.29) is 6.54 Å². The van der Waals surface area contributed by atoms with Gasteiger partial charge in [-0.15, -0.1) is 0 Å². The molecule has 1 rings (SSSR count). The van der Waals surface area contributed by atoms with Crippen molar-refractivity contribution >= 4 is 17.7 Å². The number of carbonyl (C=O) groups is 1. The second-order valence-corrected chi connectivity index (χ2v) is 2.98. The Morgan fingerprint density at radius 1 is 1.62 bits per heavy atom. The summed E-state index contributed by atoms with van der Waals surface area (Å²) in [6.45, 7) is 0.135. The zero-order valence-corrected chi connectivity index (χ0v) is 7.53. The quantitative estimate of drug-likeness (QED) is 0.434. The van der Waals surface area contributed by atoms with Gasteiger partial charge in [-0.25, -0.2) is 15.6 Å². The van der Waals surface area contributed by atoms with Gasteiger partial charge >= 0.3 is 6.09 Å². The average molecular weight is 201 g/mol. The highest BCUT2D eigenvalue weighted by Gasteiger charge is 2.06. The maximum atomic E-state index is 10.4. The fraction of sp³-hybridized carbons (Fsp3) is 0.125. The van der Waals surface area contributed by atoms with Crippen LogP contribution in [0.2, 0.25) is 5.02 Å². The number of hydrogen-bond donors (Lipinski definition) is 2. The van der Waals surface area contributed by atoms with Crippen molar-refractivity contribution < 1.29 is 9.90 Å². The van der Waals surface area contributed by atoms with Crippen molar-refractivity contribution in [3.05, 3.63) is 34.9 Å². The van der Waals surface area contributed by atoms with E-state index in [0.717, 1.165) is 5.56 Å². The van der Waals surface area contributed by atoms with Crippen LogP contribution in [0.15, 0.2) is 24.3 Å². The smallest absolute Gasteiger partial charge is 0.421 e. The Labute approximate surface area is 80.5 Å². The summed E-state index contributed by atoms with van der Waals surface area (Å²) >= 11 is 5.70. The first-order valence-corrected chi connectivity index (χ1v) is 3.97. The predicted octanol–water partition coefficient (Wildman–Crippen LogP) is 1.69. The average Bonchev–Trinajstić information content (AvgIpc) is 2.04. The molecular formula is C8H9ClN2O2. The highest BCUT2D eigenvalue weighted by molar-refractivity contribution is 6.30. The van der Waals surface area contributed by atoms with Crippen molar-refractivity contribution in [2.24, 2.45) is 5.84 Å². The van der Waals surface area contributed by atoms with E-state index in [0.29, 0.717) is 10.0 Å². The van der Waals surface area contributed by atoms with Crippen LogP contribution in [0.5, 0.6) is 0 Å². The molecule has 0 aliphatic rings. The summed E-state index contributed by atoms with van der Waals surface area (Å²) in [5, 5.41) is 9.75. The van der Waals surface area contributed by atoms with Crippen LogP contribution >= 0.6 is 11.6 Å². The van der Waals surface area contributed by atoms with Gasteiger partial charge in [0, 0.05) is 5.02 Å². The van der Waals surface area contributed by atoms with Gasteiger partial charge in [0.25, 0.3) is 0 Å². The minimum absolute atomic E-state index is 0.135. The van der Waals surface area contributed by atoms with Gasteiger partial charge in [-0.1, -0.05) is 23.7 Å². The molecule has 0 unspecified atom stereocenters. The first-order valence-electron chi connectivity index (χ1n) is 3.59. The summed E-state index contributed by atoms with van der Waals surface area (Å²) in [5.74, 6) is 5.19. The van der Waals surface area contributed by atoms with E-state index >= 15 is 0 Å². The van der Waals surface area contributed by atoms with Crippen LogP contribution in [-0.4, -0.2) is 16.2 Å². The maximum absolute atomic E-state index is 10.4. The highest BCUT2D eigenvalue weighted by Crippen LogP contribution is 2.11. The molecule has 1 aromatic carbocycles. The van der Waals surface area contributed by atoms with Crippen molar-refractivity contribution in [3.8, 4) is 0 Å². The Hall–Kier alpha value is -1.26. The lowest BCUT2D eigenvalue weighted by Crippen LogP contribution is -2.35. The number of benzene rings is 1. The molecule has 0 bridgehead atoms. The lowest BCUT2D eigenvalue weighted by Gasteiger charge is -2.11.